The van der Waals surface area contributed by atoms with E-state index in [4.69, 9.17) is 27.9 Å². The number of hydrogen-bond acceptors (Lipinski definition) is 5. The summed E-state index contributed by atoms with van der Waals surface area (Å²) >= 11 is 13.4. The van der Waals surface area contributed by atoms with E-state index in [1.54, 1.807) is 18.2 Å². The Morgan fingerprint density at radius 1 is 1.14 bits per heavy atom. The lowest BCUT2D eigenvalue weighted by atomic mass is 10.1. The molecule has 0 spiro atoms. The second-order valence-electron chi connectivity index (χ2n) is 6.43. The van der Waals surface area contributed by atoms with Crippen molar-refractivity contribution < 1.29 is 9.53 Å². The van der Waals surface area contributed by atoms with Crippen LogP contribution in [0.4, 0.5) is 5.69 Å². The molecule has 1 N–H and O–H groups in total. The van der Waals surface area contributed by atoms with E-state index >= 15 is 0 Å². The van der Waals surface area contributed by atoms with Crippen LogP contribution in [0.5, 0.6) is 5.75 Å². The molecular weight excluding hydrogens is 431 g/mol. The van der Waals surface area contributed by atoms with Crippen molar-refractivity contribution in [2.75, 3.05) is 11.1 Å². The SMILES string of the molecule is Cc1ccc(OCc2nnc(SCC(=O)Nc3c(Cl)cccc3Cl)n2C)cc1C. The average Bonchev–Trinajstić information content (AvgIpc) is 3.04. The van der Waals surface area contributed by atoms with Gasteiger partial charge in [0.2, 0.25) is 5.91 Å². The zero-order chi connectivity index (χ0) is 21.0. The molecule has 1 amide bonds. The predicted molar refractivity (Wildman–Crippen MR) is 117 cm³/mol. The molecule has 0 atom stereocenters. The third-order valence-corrected chi connectivity index (χ3v) is 5.98. The van der Waals surface area contributed by atoms with Crippen LogP contribution >= 0.6 is 35.0 Å². The van der Waals surface area contributed by atoms with Crippen LogP contribution in [0.25, 0.3) is 0 Å². The van der Waals surface area contributed by atoms with E-state index in [-0.39, 0.29) is 18.3 Å². The molecule has 2 aromatic carbocycles. The molecular formula is C20H20Cl2N4O2S. The highest BCUT2D eigenvalue weighted by Gasteiger charge is 2.14. The Morgan fingerprint density at radius 2 is 1.86 bits per heavy atom. The fourth-order valence-electron chi connectivity index (χ4n) is 2.47. The Morgan fingerprint density at radius 3 is 2.55 bits per heavy atom. The number of carbonyl (C=O) groups excluding carboxylic acids is 1. The minimum Gasteiger partial charge on any atom is -0.486 e. The fraction of sp³-hybridized carbons (Fsp3) is 0.250. The van der Waals surface area contributed by atoms with Gasteiger partial charge in [-0.25, -0.2) is 0 Å². The first-order valence-corrected chi connectivity index (χ1v) is 10.5. The molecule has 3 rings (SSSR count). The highest BCUT2D eigenvalue weighted by atomic mass is 35.5. The number of anilines is 1. The van der Waals surface area contributed by atoms with E-state index in [2.05, 4.69) is 22.4 Å². The van der Waals surface area contributed by atoms with Gasteiger partial charge in [0.15, 0.2) is 11.0 Å². The van der Waals surface area contributed by atoms with Crippen LogP contribution in [0.15, 0.2) is 41.6 Å². The number of carbonyl (C=O) groups is 1. The number of hydrogen-bond donors (Lipinski definition) is 1. The molecule has 0 saturated carbocycles. The van der Waals surface area contributed by atoms with E-state index < -0.39 is 0 Å². The first-order chi connectivity index (χ1) is 13.8. The van der Waals surface area contributed by atoms with Crippen LogP contribution in [-0.2, 0) is 18.4 Å². The summed E-state index contributed by atoms with van der Waals surface area (Å²) in [6.45, 7) is 4.38. The largest absolute Gasteiger partial charge is 0.486 e. The van der Waals surface area contributed by atoms with Crippen LogP contribution in [0.3, 0.4) is 0 Å². The molecule has 0 unspecified atom stereocenters. The summed E-state index contributed by atoms with van der Waals surface area (Å²) in [7, 11) is 1.84. The maximum absolute atomic E-state index is 12.2. The first-order valence-electron chi connectivity index (χ1n) is 8.80. The minimum absolute atomic E-state index is 0.144. The number of rotatable bonds is 7. The highest BCUT2D eigenvalue weighted by molar-refractivity contribution is 7.99. The van der Waals surface area contributed by atoms with E-state index in [1.807, 2.05) is 36.7 Å². The summed E-state index contributed by atoms with van der Waals surface area (Å²) in [5.74, 6) is 1.36. The Bertz CT molecular complexity index is 1020. The molecule has 1 aromatic heterocycles. The van der Waals surface area contributed by atoms with E-state index in [1.165, 1.54) is 22.9 Å². The number of aromatic nitrogens is 3. The summed E-state index contributed by atoms with van der Waals surface area (Å²) in [6, 6.07) is 11.0. The Balaban J connectivity index is 1.56. The lowest BCUT2D eigenvalue weighted by molar-refractivity contribution is -0.113. The van der Waals surface area contributed by atoms with Gasteiger partial charge >= 0.3 is 0 Å². The van der Waals surface area contributed by atoms with Crippen molar-refractivity contribution in [3.63, 3.8) is 0 Å². The Kier molecular flexibility index (Phi) is 7.05. The smallest absolute Gasteiger partial charge is 0.234 e. The van der Waals surface area contributed by atoms with Gasteiger partial charge in [-0.15, -0.1) is 10.2 Å². The van der Waals surface area contributed by atoms with Crippen molar-refractivity contribution in [3.05, 3.63) is 63.4 Å². The molecule has 0 saturated heterocycles. The fourth-order valence-corrected chi connectivity index (χ4v) is 3.69. The van der Waals surface area contributed by atoms with Crippen LogP contribution < -0.4 is 10.1 Å². The van der Waals surface area contributed by atoms with Crippen molar-refractivity contribution in [3.8, 4) is 5.75 Å². The first kappa shape index (κ1) is 21.5. The van der Waals surface area contributed by atoms with Crippen molar-refractivity contribution in [2.24, 2.45) is 7.05 Å². The van der Waals surface area contributed by atoms with Crippen molar-refractivity contribution in [1.29, 1.82) is 0 Å². The number of halogens is 2. The molecule has 0 bridgehead atoms. The third kappa shape index (κ3) is 5.44. The lowest BCUT2D eigenvalue weighted by Crippen LogP contribution is -2.15. The van der Waals surface area contributed by atoms with E-state index in [9.17, 15) is 4.79 Å². The maximum Gasteiger partial charge on any atom is 0.234 e. The van der Waals surface area contributed by atoms with Gasteiger partial charge in [-0.3, -0.25) is 4.79 Å². The third-order valence-electron chi connectivity index (χ3n) is 4.33. The summed E-state index contributed by atoms with van der Waals surface area (Å²) < 4.78 is 7.62. The number of aryl methyl sites for hydroxylation is 2. The van der Waals surface area contributed by atoms with Crippen LogP contribution in [0.2, 0.25) is 10.0 Å². The van der Waals surface area contributed by atoms with Gasteiger partial charge in [0, 0.05) is 7.05 Å². The molecule has 3 aromatic rings. The van der Waals surface area contributed by atoms with Crippen molar-refractivity contribution >= 4 is 46.6 Å². The highest BCUT2D eigenvalue weighted by Crippen LogP contribution is 2.30. The van der Waals surface area contributed by atoms with Gasteiger partial charge in [-0.1, -0.05) is 47.1 Å². The van der Waals surface area contributed by atoms with Gasteiger partial charge in [-0.05, 0) is 49.2 Å². The number of amides is 1. The molecule has 29 heavy (non-hydrogen) atoms. The molecule has 9 heteroatoms. The second-order valence-corrected chi connectivity index (χ2v) is 8.18. The predicted octanol–water partition coefficient (Wildman–Crippen LogP) is 5.05. The van der Waals surface area contributed by atoms with Crippen LogP contribution in [0.1, 0.15) is 17.0 Å². The average molecular weight is 451 g/mol. The molecule has 0 aliphatic heterocycles. The number of nitrogens with zero attached hydrogens (tertiary/aromatic N) is 3. The van der Waals surface area contributed by atoms with Crippen LogP contribution in [0, 0.1) is 13.8 Å². The Hall–Kier alpha value is -2.22. The number of para-hydroxylation sites is 1. The summed E-state index contributed by atoms with van der Waals surface area (Å²) in [6.07, 6.45) is 0. The molecule has 1 heterocycles. The van der Waals surface area contributed by atoms with Crippen molar-refractivity contribution in [2.45, 2.75) is 25.6 Å². The summed E-state index contributed by atoms with van der Waals surface area (Å²) in [5, 5.41) is 12.4. The zero-order valence-electron chi connectivity index (χ0n) is 16.2. The Labute approximate surface area is 183 Å². The van der Waals surface area contributed by atoms with E-state index in [0.29, 0.717) is 26.7 Å². The monoisotopic (exact) mass is 450 g/mol. The van der Waals surface area contributed by atoms with Gasteiger partial charge in [0.05, 0.1) is 21.5 Å². The number of thioether (sulfide) groups is 1. The minimum atomic E-state index is -0.235. The van der Waals surface area contributed by atoms with Crippen molar-refractivity contribution in [1.82, 2.24) is 14.8 Å². The number of nitrogens with one attached hydrogen (secondary N) is 1. The molecule has 152 valence electrons. The summed E-state index contributed by atoms with van der Waals surface area (Å²) in [5.41, 5.74) is 2.79. The number of ether oxygens (including phenoxy) is 1. The van der Waals surface area contributed by atoms with Gasteiger partial charge < -0.3 is 14.6 Å². The van der Waals surface area contributed by atoms with Gasteiger partial charge in [0.25, 0.3) is 0 Å². The summed E-state index contributed by atoms with van der Waals surface area (Å²) in [4.78, 5) is 12.2. The molecule has 0 fully saturated rings. The molecule has 0 radical (unpaired) electrons. The zero-order valence-corrected chi connectivity index (χ0v) is 18.5. The lowest BCUT2D eigenvalue weighted by Gasteiger charge is -2.09. The van der Waals surface area contributed by atoms with Crippen LogP contribution in [-0.4, -0.2) is 26.4 Å². The second kappa shape index (κ2) is 9.52. The van der Waals surface area contributed by atoms with Gasteiger partial charge in [0.1, 0.15) is 12.4 Å². The molecule has 0 aliphatic rings. The molecule has 0 aliphatic carbocycles. The normalized spacial score (nSPS) is 10.8. The standard InChI is InChI=1S/C20H20Cl2N4O2S/c1-12-7-8-14(9-13(12)2)28-10-17-24-25-20(26(17)3)29-11-18(27)23-19-15(21)5-4-6-16(19)22/h4-9H,10-11H2,1-3H3,(H,23,27). The topological polar surface area (TPSA) is 69.0 Å². The number of benzene rings is 2. The maximum atomic E-state index is 12.2. The van der Waals surface area contributed by atoms with E-state index in [0.717, 1.165) is 5.75 Å². The quantitative estimate of drug-likeness (QED) is 0.510. The molecule has 6 nitrogen and oxygen atoms in total. The van der Waals surface area contributed by atoms with Gasteiger partial charge in [-0.2, -0.15) is 0 Å².